The molecule has 8 saturated heterocycles. The third-order valence-corrected chi connectivity index (χ3v) is 17.7. The molecule has 8 fully saturated rings. The Morgan fingerprint density at radius 1 is 0.311 bits per heavy atom. The van der Waals surface area contributed by atoms with Gasteiger partial charge in [0.1, 0.15) is 128 Å². The van der Waals surface area contributed by atoms with Crippen LogP contribution in [0.5, 0.6) is 0 Å². The van der Waals surface area contributed by atoms with Gasteiger partial charge in [-0.2, -0.15) is 0 Å². The maximum absolute atomic E-state index is 11.3. The van der Waals surface area contributed by atoms with Crippen molar-refractivity contribution < 1.29 is 533 Å². The van der Waals surface area contributed by atoms with Gasteiger partial charge in [-0.1, -0.05) is 0 Å². The minimum atomic E-state index is -5.56. The number of hydrogen-bond donors (Lipinski definition) is 8. The van der Waals surface area contributed by atoms with Crippen LogP contribution in [-0.4, -0.2) is 385 Å². The molecule has 0 saturated carbocycles. The van der Waals surface area contributed by atoms with Gasteiger partial charge in [0, 0.05) is 42.7 Å². The molecule has 61 heteroatoms. The SMILES string of the molecule is COC1OC(COS(=O)(=O)[O-])C(OC2OC(CO)C(O)C(OC)C2OS(=O)(=O)[O-])C(O)C1OS(=O)(=O)[O-].COC1OC2COC(C1O)C2OC1OC(CO)C(OS(=O)(=O)[O-])C(OC)C1O.COC1OC2COC(C2OC2OC(CO)C(OS(=O)(=O)[O-])C(OC)C2O)C1OS(=O)(=O)[O-].[K+].[K+].[K+].[K+].[K+].[K+]. The Hall–Kier alpha value is 8.04. The molecule has 4 bridgehead atoms. The van der Waals surface area contributed by atoms with Gasteiger partial charge in [0.25, 0.3) is 0 Å². The summed E-state index contributed by atoms with van der Waals surface area (Å²) in [5.41, 5.74) is 0. The maximum atomic E-state index is 11.3. The molecule has 30 unspecified atom stereocenters. The number of aliphatic hydroxyl groups excluding tert-OH is 8. The first-order valence-corrected chi connectivity index (χ1v) is 35.3. The topological polar surface area (TPSA) is 717 Å². The van der Waals surface area contributed by atoms with E-state index in [-0.39, 0.29) is 322 Å². The van der Waals surface area contributed by atoms with Crippen LogP contribution in [0, 0.1) is 0 Å². The standard InChI is InChI=1S/C14H26O20S3.C14H24O16S2.C14H24O13S.6K/c1-27-10-7(16)5(3-15)30-14(12(10)34-37(24,25)26)32-9-6(4-29-35(18,19)20)31-13(28-2)11(8(9)17)33-36(21,22)23;1-23-10-7(16)13(26-5(3-15)9(10)29-31(17,18)19)28-8-6-4-25-11(8)12(14(24-2)27-6)30-32(20,21)22;1-21-11-7(16)14(24-5(3-15)10(11)27-28(18,19)20)26-9-6-4-23-12(9)8(17)13(22-2)25-6;;;;;;/h5-17H,3-4H2,1-2H3,(H,18,19,20)(H,21,22,23)(H,24,25,26);5-16H,3-4H2,1-2H3,(H,17,18,19)(H,20,21,22);5-17H,3-4H2,1-2H3,(H,18,19,20);;;;;;/q;;;6*+1/p-6. The second-order valence-corrected chi connectivity index (χ2v) is 27.1. The van der Waals surface area contributed by atoms with E-state index in [1.165, 1.54) is 14.2 Å². The van der Waals surface area contributed by atoms with E-state index in [2.05, 4.69) is 25.1 Å². The summed E-state index contributed by atoms with van der Waals surface area (Å²) in [6.45, 7) is -3.76. The van der Waals surface area contributed by atoms with E-state index in [4.69, 9.17) is 80.5 Å². The summed E-state index contributed by atoms with van der Waals surface area (Å²) in [5, 5.41) is 80.8. The molecule has 0 spiro atoms. The van der Waals surface area contributed by atoms with Crippen molar-refractivity contribution in [2.75, 3.05) is 82.3 Å². The van der Waals surface area contributed by atoms with Gasteiger partial charge >= 0.3 is 308 Å². The van der Waals surface area contributed by atoms with E-state index in [0.717, 1.165) is 28.4 Å². The molecule has 30 atom stereocenters. The van der Waals surface area contributed by atoms with Crippen molar-refractivity contribution in [3.8, 4) is 0 Å². The van der Waals surface area contributed by atoms with Crippen molar-refractivity contribution in [2.24, 2.45) is 0 Å². The maximum Gasteiger partial charge on any atom is 1.00 e. The van der Waals surface area contributed by atoms with Crippen LogP contribution in [0.4, 0.5) is 0 Å². The van der Waals surface area contributed by atoms with Crippen LogP contribution in [0.25, 0.3) is 0 Å². The quantitative estimate of drug-likeness (QED) is 0.0205. The van der Waals surface area contributed by atoms with E-state index in [0.29, 0.717) is 0 Å². The van der Waals surface area contributed by atoms with Gasteiger partial charge in [0.15, 0.2) is 56.1 Å². The number of methoxy groups -OCH3 is 6. The molecule has 0 aromatic rings. The Morgan fingerprint density at radius 2 is 0.641 bits per heavy atom. The molecule has 572 valence electrons. The Bertz CT molecular complexity index is 3220. The molecule has 0 aromatic heterocycles. The number of rotatable bonds is 28. The minimum absolute atomic E-state index is 0. The molecule has 49 nitrogen and oxygen atoms in total. The van der Waals surface area contributed by atoms with Gasteiger partial charge in [0.2, 0.25) is 62.4 Å². The van der Waals surface area contributed by atoms with Crippen LogP contribution in [-0.2, 0) is 168 Å². The van der Waals surface area contributed by atoms with Gasteiger partial charge in [-0.05, 0) is 0 Å². The van der Waals surface area contributed by atoms with Gasteiger partial charge in [0.05, 0.1) is 39.6 Å². The van der Waals surface area contributed by atoms with Gasteiger partial charge in [-0.15, -0.1) is 0 Å². The molecule has 0 aromatic carbocycles. The average molecular weight is 1780 g/mol. The van der Waals surface area contributed by atoms with Gasteiger partial charge in [-0.25, -0.2) is 50.5 Å². The number of fused-ring (bicyclic) bond motifs is 4. The zero-order valence-corrected chi connectivity index (χ0v) is 80.0. The Balaban J connectivity index is 0.00000148. The summed E-state index contributed by atoms with van der Waals surface area (Å²) in [4.78, 5) is 0. The van der Waals surface area contributed by atoms with Crippen molar-refractivity contribution in [2.45, 2.75) is 184 Å². The summed E-state index contributed by atoms with van der Waals surface area (Å²) >= 11 is 0. The Labute approximate surface area is 844 Å². The number of ether oxygens (including phenoxy) is 17. The molecule has 8 heterocycles. The van der Waals surface area contributed by atoms with Crippen molar-refractivity contribution >= 4 is 62.4 Å². The molecule has 8 rings (SSSR count). The smallest absolute Gasteiger partial charge is 0.726 e. The molecule has 8 aliphatic rings. The summed E-state index contributed by atoms with van der Waals surface area (Å²) in [7, 11) is -25.5. The summed E-state index contributed by atoms with van der Waals surface area (Å²) < 4.78 is 315. The molecule has 0 aliphatic carbocycles. The molecular formula is C42H68K6O49S6. The predicted molar refractivity (Wildman–Crippen MR) is 279 cm³/mol. The summed E-state index contributed by atoms with van der Waals surface area (Å²) in [6.07, 6.45) is -45.5. The molecule has 0 amide bonds. The predicted octanol–water partition coefficient (Wildman–Crippen LogP) is -31.2. The van der Waals surface area contributed by atoms with Gasteiger partial charge in [-0.3, -0.25) is 25.1 Å². The van der Waals surface area contributed by atoms with Crippen LogP contribution >= 0.6 is 0 Å². The van der Waals surface area contributed by atoms with Gasteiger partial charge < -0.3 is 149 Å². The van der Waals surface area contributed by atoms with Crippen molar-refractivity contribution in [1.29, 1.82) is 0 Å². The zero-order chi connectivity index (χ0) is 72.8. The second-order valence-electron chi connectivity index (χ2n) is 21.0. The largest absolute Gasteiger partial charge is 1.00 e. The van der Waals surface area contributed by atoms with Crippen molar-refractivity contribution in [3.63, 3.8) is 0 Å². The van der Waals surface area contributed by atoms with E-state index in [1.54, 1.807) is 0 Å². The molecule has 103 heavy (non-hydrogen) atoms. The zero-order valence-electron chi connectivity index (χ0n) is 56.3. The Kier molecular flexibility index (Phi) is 53.1. The first-order chi connectivity index (χ1) is 45.0. The normalized spacial score (nSPS) is 39.6. The van der Waals surface area contributed by atoms with Crippen LogP contribution in [0.1, 0.15) is 0 Å². The molecule has 8 N–H and O–H groups in total. The summed E-state index contributed by atoms with van der Waals surface area (Å²) in [5.74, 6) is 0. The van der Waals surface area contributed by atoms with E-state index >= 15 is 0 Å². The monoisotopic (exact) mass is 1780 g/mol. The summed E-state index contributed by atoms with van der Waals surface area (Å²) in [6, 6.07) is 0. The van der Waals surface area contributed by atoms with E-state index in [9.17, 15) is 119 Å². The van der Waals surface area contributed by atoms with Crippen LogP contribution in [0.15, 0.2) is 0 Å². The van der Waals surface area contributed by atoms with Crippen LogP contribution < -0.4 is 308 Å². The van der Waals surface area contributed by atoms with Crippen molar-refractivity contribution in [3.05, 3.63) is 0 Å². The Morgan fingerprint density at radius 3 is 1.03 bits per heavy atom. The third kappa shape index (κ3) is 32.4. The van der Waals surface area contributed by atoms with E-state index in [1.807, 2.05) is 0 Å². The third-order valence-electron chi connectivity index (χ3n) is 15.0. The fourth-order valence-electron chi connectivity index (χ4n) is 11.0. The van der Waals surface area contributed by atoms with E-state index < -0.39 is 273 Å². The molecule has 8 aliphatic heterocycles. The molecular weight excluding hydrogens is 1720 g/mol. The fourth-order valence-corrected chi connectivity index (χ4v) is 13.8. The second kappa shape index (κ2) is 49.2. The van der Waals surface area contributed by atoms with Crippen molar-refractivity contribution in [1.82, 2.24) is 0 Å². The number of hydrogen-bond acceptors (Lipinski definition) is 49. The first kappa shape index (κ1) is 111. The van der Waals surface area contributed by atoms with Crippen LogP contribution in [0.2, 0.25) is 0 Å². The number of aliphatic hydroxyl groups is 8. The fraction of sp³-hybridized carbons (Fsp3) is 1.00. The first-order valence-electron chi connectivity index (χ1n) is 27.3. The van der Waals surface area contributed by atoms with Crippen LogP contribution in [0.3, 0.4) is 0 Å². The minimum Gasteiger partial charge on any atom is -0.726 e. The average Bonchev–Trinajstić information content (AvgIpc) is 1.71. The molecule has 0 radical (unpaired) electrons.